The first kappa shape index (κ1) is 38.8. The van der Waals surface area contributed by atoms with Gasteiger partial charge in [0.15, 0.2) is 11.5 Å². The van der Waals surface area contributed by atoms with Crippen LogP contribution in [0.4, 0.5) is 0 Å². The van der Waals surface area contributed by atoms with Crippen molar-refractivity contribution < 1.29 is 19.1 Å². The van der Waals surface area contributed by atoms with E-state index < -0.39 is 5.79 Å². The van der Waals surface area contributed by atoms with Crippen molar-refractivity contribution in [1.82, 2.24) is 25.4 Å². The number of hydrogen-bond donors (Lipinski definition) is 3. The van der Waals surface area contributed by atoms with E-state index in [1.807, 2.05) is 33.1 Å². The molecule has 4 heterocycles. The van der Waals surface area contributed by atoms with Crippen LogP contribution in [-0.4, -0.2) is 82.9 Å². The van der Waals surface area contributed by atoms with Gasteiger partial charge in [0.05, 0.1) is 5.02 Å². The molecule has 2 aromatic rings. The van der Waals surface area contributed by atoms with Gasteiger partial charge in [-0.1, -0.05) is 11.6 Å². The molecule has 1 aromatic carbocycles. The first-order valence-corrected chi connectivity index (χ1v) is 23.0. The van der Waals surface area contributed by atoms with Crippen LogP contribution in [0.3, 0.4) is 0 Å². The lowest BCUT2D eigenvalue weighted by Crippen LogP contribution is -2.63. The van der Waals surface area contributed by atoms with Crippen molar-refractivity contribution in [2.45, 2.75) is 140 Å². The number of thioether (sulfide) groups is 1. The second-order valence-electron chi connectivity index (χ2n) is 19.0. The van der Waals surface area contributed by atoms with Gasteiger partial charge in [-0.15, -0.1) is 11.8 Å². The number of aromatic nitrogens is 1. The van der Waals surface area contributed by atoms with Gasteiger partial charge in [-0.2, -0.15) is 0 Å². The van der Waals surface area contributed by atoms with E-state index in [9.17, 15) is 14.4 Å². The third-order valence-corrected chi connectivity index (χ3v) is 16.1. The number of aryl methyl sites for hydroxylation is 1. The van der Waals surface area contributed by atoms with Gasteiger partial charge in [-0.25, -0.2) is 0 Å². The Hall–Kier alpha value is -2.73. The molecule has 8 aliphatic rings. The summed E-state index contributed by atoms with van der Waals surface area (Å²) >= 11 is 8.22. The lowest BCUT2D eigenvalue weighted by molar-refractivity contribution is -0.147. The van der Waals surface area contributed by atoms with Crippen molar-refractivity contribution in [3.05, 3.63) is 49.9 Å². The summed E-state index contributed by atoms with van der Waals surface area (Å²) in [5.41, 5.74) is 2.53. The standard InChI is InChI=1S/C44H60ClN5O5S/c1-25-13-37(56-4)35(42(53)47-25)22-46-41(52)34-17-36(45)40-39(26(34)2)54-43(3,55-40)30-5-7-31(8-6-30)48-32-9-11-49(12-10-32)33-23-50(24-33)38(51)21-44-18-27-14-28(19-44)16-29(15-27)20-44/h13,17,27-33,48H,5-12,14-16,18-24H2,1-4H3,(H,46,52)(H,47,53). The van der Waals surface area contributed by atoms with Gasteiger partial charge in [0.25, 0.3) is 17.3 Å². The number of carbonyl (C=O) groups is 2. The van der Waals surface area contributed by atoms with Gasteiger partial charge in [0.1, 0.15) is 0 Å². The van der Waals surface area contributed by atoms with E-state index >= 15 is 0 Å². The smallest absolute Gasteiger partial charge is 0.254 e. The highest BCUT2D eigenvalue weighted by Crippen LogP contribution is 2.61. The number of nitrogens with one attached hydrogen (secondary N) is 3. The van der Waals surface area contributed by atoms with Crippen molar-refractivity contribution >= 4 is 35.2 Å². The minimum atomic E-state index is -0.863. The summed E-state index contributed by atoms with van der Waals surface area (Å²) in [5, 5.41) is 7.27. The molecule has 12 heteroatoms. The first-order chi connectivity index (χ1) is 26.9. The Kier molecular flexibility index (Phi) is 10.5. The lowest BCUT2D eigenvalue weighted by Gasteiger charge is -2.57. The Morgan fingerprint density at radius 3 is 2.20 bits per heavy atom. The molecule has 10 rings (SSSR count). The Labute approximate surface area is 340 Å². The highest BCUT2D eigenvalue weighted by Gasteiger charge is 2.53. The SMILES string of the molecule is CSc1cc(C)[nH]c(=O)c1CNC(=O)c1cc(Cl)c2c(c1C)OC(C)(C1CCC(NC3CCN(C4CN(C(=O)CC56CC7CC(CC(C7)C5)C6)C4)CC3)CC1)O2. The van der Waals surface area contributed by atoms with Gasteiger partial charge in [0.2, 0.25) is 5.91 Å². The number of likely N-dealkylation sites (tertiary alicyclic amines) is 2. The molecule has 4 bridgehead atoms. The molecule has 1 aromatic heterocycles. The summed E-state index contributed by atoms with van der Waals surface area (Å²) < 4.78 is 13.1. The van der Waals surface area contributed by atoms with Crippen molar-refractivity contribution in [1.29, 1.82) is 0 Å². The summed E-state index contributed by atoms with van der Waals surface area (Å²) in [6, 6.07) is 5.10. The van der Waals surface area contributed by atoms with E-state index in [2.05, 4.69) is 25.4 Å². The lowest BCUT2D eigenvalue weighted by atomic mass is 9.49. The first-order valence-electron chi connectivity index (χ1n) is 21.4. The number of benzene rings is 1. The number of rotatable bonds is 10. The number of pyridine rings is 1. The van der Waals surface area contributed by atoms with E-state index in [1.54, 1.807) is 6.07 Å². The Bertz CT molecular complexity index is 1880. The van der Waals surface area contributed by atoms with E-state index in [-0.39, 0.29) is 23.9 Å². The van der Waals surface area contributed by atoms with E-state index in [4.69, 9.17) is 21.1 Å². The normalized spacial score (nSPS) is 32.8. The van der Waals surface area contributed by atoms with E-state index in [0.29, 0.717) is 62.7 Å². The molecule has 5 saturated carbocycles. The number of nitrogens with zero attached hydrogens (tertiary/aromatic N) is 2. The minimum Gasteiger partial charge on any atom is -0.448 e. The summed E-state index contributed by atoms with van der Waals surface area (Å²) in [5.74, 6) is 3.17. The number of halogens is 1. The number of piperidine rings is 1. The van der Waals surface area contributed by atoms with Crippen LogP contribution in [0, 0.1) is 42.9 Å². The molecule has 2 saturated heterocycles. The van der Waals surface area contributed by atoms with Crippen LogP contribution in [0.15, 0.2) is 21.8 Å². The zero-order valence-electron chi connectivity index (χ0n) is 33.6. The van der Waals surface area contributed by atoms with Crippen LogP contribution in [-0.2, 0) is 11.3 Å². The largest absolute Gasteiger partial charge is 0.448 e. The molecule has 2 amide bonds. The van der Waals surface area contributed by atoms with Crippen molar-refractivity contribution in [3.63, 3.8) is 0 Å². The quantitative estimate of drug-likeness (QED) is 0.216. The number of amides is 2. The summed E-state index contributed by atoms with van der Waals surface area (Å²) in [7, 11) is 0. The van der Waals surface area contributed by atoms with Crippen molar-refractivity contribution in [2.24, 2.45) is 29.1 Å². The average Bonchev–Trinajstić information content (AvgIpc) is 3.51. The van der Waals surface area contributed by atoms with Crippen LogP contribution < -0.4 is 25.7 Å². The van der Waals surface area contributed by atoms with E-state index in [0.717, 1.165) is 99.5 Å². The average molecular weight is 807 g/mol. The fraction of sp³-hybridized carbons (Fsp3) is 0.705. The highest BCUT2D eigenvalue weighted by molar-refractivity contribution is 7.98. The number of ether oxygens (including phenoxy) is 2. The molecule has 5 aliphatic carbocycles. The number of hydrogen-bond acceptors (Lipinski definition) is 8. The van der Waals surface area contributed by atoms with Gasteiger partial charge < -0.3 is 30.0 Å². The monoisotopic (exact) mass is 805 g/mol. The van der Waals surface area contributed by atoms with Crippen molar-refractivity contribution in [2.75, 3.05) is 32.4 Å². The number of carbonyl (C=O) groups excluding carboxylic acids is 2. The predicted octanol–water partition coefficient (Wildman–Crippen LogP) is 7.21. The van der Waals surface area contributed by atoms with Crippen LogP contribution in [0.5, 0.6) is 11.5 Å². The molecule has 7 fully saturated rings. The molecule has 1 unspecified atom stereocenters. The Balaban J connectivity index is 0.721. The van der Waals surface area contributed by atoms with Gasteiger partial charge in [-0.05, 0) is 132 Å². The molecule has 304 valence electrons. The number of H-pyrrole nitrogens is 1. The molecule has 0 spiro atoms. The second-order valence-corrected chi connectivity index (χ2v) is 20.2. The van der Waals surface area contributed by atoms with Crippen LogP contribution in [0.25, 0.3) is 0 Å². The molecule has 1 atom stereocenters. The molecular weight excluding hydrogens is 746 g/mol. The summed E-state index contributed by atoms with van der Waals surface area (Å²) in [6.07, 6.45) is 17.4. The third-order valence-electron chi connectivity index (χ3n) is 15.1. The minimum absolute atomic E-state index is 0.104. The van der Waals surface area contributed by atoms with Gasteiger partial charge >= 0.3 is 0 Å². The molecule has 3 N–H and O–H groups in total. The maximum absolute atomic E-state index is 13.4. The number of fused-ring (bicyclic) bond motifs is 1. The Morgan fingerprint density at radius 1 is 0.929 bits per heavy atom. The highest BCUT2D eigenvalue weighted by atomic mass is 35.5. The molecule has 3 aliphatic heterocycles. The molecule has 0 radical (unpaired) electrons. The number of aromatic amines is 1. The van der Waals surface area contributed by atoms with E-state index in [1.165, 1.54) is 50.3 Å². The van der Waals surface area contributed by atoms with Crippen LogP contribution >= 0.6 is 23.4 Å². The Morgan fingerprint density at radius 2 is 1.55 bits per heavy atom. The topological polar surface area (TPSA) is 116 Å². The van der Waals surface area contributed by atoms with Crippen LogP contribution in [0.2, 0.25) is 5.02 Å². The second kappa shape index (κ2) is 15.1. The van der Waals surface area contributed by atoms with Gasteiger partial charge in [-0.3, -0.25) is 19.3 Å². The zero-order valence-corrected chi connectivity index (χ0v) is 35.2. The molecular formula is C44H60ClN5O5S. The zero-order chi connectivity index (χ0) is 38.9. The fourth-order valence-corrected chi connectivity index (χ4v) is 13.4. The van der Waals surface area contributed by atoms with Crippen molar-refractivity contribution in [3.8, 4) is 11.5 Å². The molecule has 10 nitrogen and oxygen atoms in total. The van der Waals surface area contributed by atoms with Crippen LogP contribution in [0.1, 0.15) is 118 Å². The van der Waals surface area contributed by atoms with Gasteiger partial charge in [0, 0.05) is 97.4 Å². The maximum atomic E-state index is 13.4. The predicted molar refractivity (Wildman–Crippen MR) is 220 cm³/mol. The third kappa shape index (κ3) is 7.41. The molecule has 56 heavy (non-hydrogen) atoms. The maximum Gasteiger partial charge on any atom is 0.254 e. The summed E-state index contributed by atoms with van der Waals surface area (Å²) in [4.78, 5) is 48.0. The summed E-state index contributed by atoms with van der Waals surface area (Å²) in [6.45, 7) is 9.88. The fourth-order valence-electron chi connectivity index (χ4n) is 12.4.